The average molecular weight is 275 g/mol. The van der Waals surface area contributed by atoms with E-state index in [4.69, 9.17) is 9.74 Å². The van der Waals surface area contributed by atoms with Crippen molar-refractivity contribution in [3.8, 4) is 0 Å². The van der Waals surface area contributed by atoms with E-state index < -0.39 is 5.97 Å². The summed E-state index contributed by atoms with van der Waals surface area (Å²) in [6.07, 6.45) is 0.730. The second-order valence-corrected chi connectivity index (χ2v) is 4.55. The Balaban J connectivity index is 2.08. The molecule has 1 N–H and O–H groups in total. The van der Waals surface area contributed by atoms with Crippen molar-refractivity contribution in [3.63, 3.8) is 0 Å². The van der Waals surface area contributed by atoms with Crippen molar-refractivity contribution in [2.24, 2.45) is 0 Å². The fraction of sp³-hybridized carbons (Fsp3) is 0.357. The molecule has 2 aromatic rings. The number of rotatable bonds is 7. The number of benzene rings is 1. The topological polar surface area (TPSA) is 79.5 Å². The maximum atomic E-state index is 10.6. The highest BCUT2D eigenvalue weighted by molar-refractivity contribution is 5.66. The number of para-hydroxylation sites is 1. The average Bonchev–Trinajstić information content (AvgIpc) is 2.84. The van der Waals surface area contributed by atoms with Gasteiger partial charge in [0.25, 0.3) is 0 Å². The molecule has 106 valence electrons. The molecule has 0 aliphatic carbocycles. The highest BCUT2D eigenvalue weighted by atomic mass is 16.6. The summed E-state index contributed by atoms with van der Waals surface area (Å²) in [4.78, 5) is 12.7. The third kappa shape index (κ3) is 3.81. The maximum absolute atomic E-state index is 10.6. The van der Waals surface area contributed by atoms with Gasteiger partial charge in [-0.1, -0.05) is 28.5 Å². The zero-order chi connectivity index (χ0) is 14.4. The molecule has 1 aromatic heterocycles. The van der Waals surface area contributed by atoms with Gasteiger partial charge in [0.15, 0.2) is 0 Å². The Morgan fingerprint density at radius 2 is 2.05 bits per heavy atom. The van der Waals surface area contributed by atoms with Crippen LogP contribution in [0.15, 0.2) is 35.0 Å². The predicted octanol–water partition coefficient (Wildman–Crippen LogP) is 2.25. The van der Waals surface area contributed by atoms with Gasteiger partial charge in [0.2, 0.25) is 0 Å². The Morgan fingerprint density at radius 3 is 2.65 bits per heavy atom. The number of aliphatic carboxylic acids is 1. The second kappa shape index (κ2) is 6.70. The highest BCUT2D eigenvalue weighted by Gasteiger charge is 2.13. The smallest absolute Gasteiger partial charge is 0.303 e. The third-order valence-electron chi connectivity index (χ3n) is 3.03. The van der Waals surface area contributed by atoms with Gasteiger partial charge in [-0.05, 0) is 25.5 Å². The van der Waals surface area contributed by atoms with E-state index in [1.54, 1.807) is 0 Å². The van der Waals surface area contributed by atoms with Crippen LogP contribution in [0.1, 0.15) is 24.2 Å². The van der Waals surface area contributed by atoms with Gasteiger partial charge in [0.1, 0.15) is 11.4 Å². The van der Waals surface area contributed by atoms with Crippen molar-refractivity contribution in [2.75, 3.05) is 11.4 Å². The number of carboxylic acid groups (broad SMARTS) is 1. The lowest BCUT2D eigenvalue weighted by atomic mass is 10.2. The van der Waals surface area contributed by atoms with Crippen LogP contribution in [0.4, 0.5) is 5.69 Å². The van der Waals surface area contributed by atoms with Crippen LogP contribution in [0.2, 0.25) is 0 Å². The Labute approximate surface area is 117 Å². The van der Waals surface area contributed by atoms with Gasteiger partial charge in [0, 0.05) is 18.7 Å². The number of carboxylic acids is 1. The number of hydrogen-bond acceptors (Lipinski definition) is 5. The lowest BCUT2D eigenvalue weighted by molar-refractivity contribution is -0.137. The van der Waals surface area contributed by atoms with E-state index in [-0.39, 0.29) is 6.42 Å². The van der Waals surface area contributed by atoms with Crippen molar-refractivity contribution in [2.45, 2.75) is 26.3 Å². The highest BCUT2D eigenvalue weighted by Crippen LogP contribution is 2.17. The van der Waals surface area contributed by atoms with E-state index in [1.807, 2.05) is 37.3 Å². The Bertz CT molecular complexity index is 554. The van der Waals surface area contributed by atoms with Crippen molar-refractivity contribution < 1.29 is 14.5 Å². The quantitative estimate of drug-likeness (QED) is 0.834. The van der Waals surface area contributed by atoms with Gasteiger partial charge in [-0.3, -0.25) is 4.79 Å². The van der Waals surface area contributed by atoms with Crippen molar-refractivity contribution in [3.05, 3.63) is 41.7 Å². The van der Waals surface area contributed by atoms with Crippen LogP contribution in [0.5, 0.6) is 0 Å². The SMILES string of the molecule is Cc1nonc1CN(CCCC(=O)O)c1ccccc1. The molecular weight excluding hydrogens is 258 g/mol. The van der Waals surface area contributed by atoms with Gasteiger partial charge >= 0.3 is 5.97 Å². The normalized spacial score (nSPS) is 10.4. The minimum atomic E-state index is -0.780. The molecule has 2 rings (SSSR count). The first-order valence-corrected chi connectivity index (χ1v) is 6.46. The van der Waals surface area contributed by atoms with E-state index in [0.717, 1.165) is 17.1 Å². The second-order valence-electron chi connectivity index (χ2n) is 4.55. The molecule has 0 saturated heterocycles. The molecular formula is C14H17N3O3. The van der Waals surface area contributed by atoms with E-state index in [9.17, 15) is 4.79 Å². The summed E-state index contributed by atoms with van der Waals surface area (Å²) in [5, 5.41) is 16.4. The summed E-state index contributed by atoms with van der Waals surface area (Å²) in [6.45, 7) is 3.04. The molecule has 1 heterocycles. The zero-order valence-electron chi connectivity index (χ0n) is 11.3. The third-order valence-corrected chi connectivity index (χ3v) is 3.03. The monoisotopic (exact) mass is 275 g/mol. The minimum absolute atomic E-state index is 0.152. The largest absolute Gasteiger partial charge is 0.481 e. The van der Waals surface area contributed by atoms with Crippen LogP contribution < -0.4 is 4.90 Å². The Kier molecular flexibility index (Phi) is 4.70. The number of carbonyl (C=O) groups is 1. The molecule has 6 heteroatoms. The molecule has 0 atom stereocenters. The number of hydrogen-bond donors (Lipinski definition) is 1. The van der Waals surface area contributed by atoms with Gasteiger partial charge in [-0.25, -0.2) is 4.63 Å². The zero-order valence-corrected chi connectivity index (χ0v) is 11.3. The summed E-state index contributed by atoms with van der Waals surface area (Å²) < 4.78 is 4.70. The lowest BCUT2D eigenvalue weighted by Gasteiger charge is -2.23. The van der Waals surface area contributed by atoms with Gasteiger partial charge < -0.3 is 10.0 Å². The Morgan fingerprint density at radius 1 is 1.30 bits per heavy atom. The molecule has 0 aliphatic rings. The fourth-order valence-corrected chi connectivity index (χ4v) is 1.93. The van der Waals surface area contributed by atoms with Gasteiger partial charge in [0.05, 0.1) is 6.54 Å². The first-order chi connectivity index (χ1) is 9.66. The van der Waals surface area contributed by atoms with Crippen molar-refractivity contribution >= 4 is 11.7 Å². The number of aryl methyl sites for hydroxylation is 1. The van der Waals surface area contributed by atoms with Crippen molar-refractivity contribution in [1.82, 2.24) is 10.3 Å². The predicted molar refractivity (Wildman–Crippen MR) is 73.4 cm³/mol. The van der Waals surface area contributed by atoms with Crippen LogP contribution in [-0.2, 0) is 11.3 Å². The van der Waals surface area contributed by atoms with Crippen LogP contribution in [0.3, 0.4) is 0 Å². The van der Waals surface area contributed by atoms with Gasteiger partial charge in [-0.15, -0.1) is 0 Å². The van der Waals surface area contributed by atoms with Crippen LogP contribution in [0.25, 0.3) is 0 Å². The molecule has 6 nitrogen and oxygen atoms in total. The Hall–Kier alpha value is -2.37. The first-order valence-electron chi connectivity index (χ1n) is 6.46. The molecule has 0 amide bonds. The summed E-state index contributed by atoms with van der Waals surface area (Å²) in [7, 11) is 0. The van der Waals surface area contributed by atoms with Crippen LogP contribution in [0, 0.1) is 6.92 Å². The van der Waals surface area contributed by atoms with E-state index in [2.05, 4.69) is 15.2 Å². The molecule has 0 fully saturated rings. The van der Waals surface area contributed by atoms with E-state index in [1.165, 1.54) is 0 Å². The van der Waals surface area contributed by atoms with Crippen LogP contribution in [-0.4, -0.2) is 27.9 Å². The molecule has 0 bridgehead atoms. The van der Waals surface area contributed by atoms with E-state index >= 15 is 0 Å². The summed E-state index contributed by atoms with van der Waals surface area (Å²) in [5.74, 6) is -0.780. The fourth-order valence-electron chi connectivity index (χ4n) is 1.93. The van der Waals surface area contributed by atoms with Crippen LogP contribution >= 0.6 is 0 Å². The number of nitrogens with zero attached hydrogens (tertiary/aromatic N) is 3. The number of anilines is 1. The molecule has 0 aliphatic heterocycles. The summed E-state index contributed by atoms with van der Waals surface area (Å²) >= 11 is 0. The van der Waals surface area contributed by atoms with Gasteiger partial charge in [-0.2, -0.15) is 0 Å². The standard InChI is InChI=1S/C14H17N3O3/c1-11-13(16-20-15-11)10-17(9-5-8-14(18)19)12-6-3-2-4-7-12/h2-4,6-7H,5,8-10H2,1H3,(H,18,19). The molecule has 0 saturated carbocycles. The van der Waals surface area contributed by atoms with Crippen molar-refractivity contribution in [1.29, 1.82) is 0 Å². The molecule has 1 aromatic carbocycles. The summed E-state index contributed by atoms with van der Waals surface area (Å²) in [5.41, 5.74) is 2.55. The summed E-state index contributed by atoms with van der Waals surface area (Å²) in [6, 6.07) is 9.83. The molecule has 0 radical (unpaired) electrons. The first kappa shape index (κ1) is 14.0. The molecule has 0 spiro atoms. The van der Waals surface area contributed by atoms with E-state index in [0.29, 0.717) is 19.5 Å². The number of aromatic nitrogens is 2. The lowest BCUT2D eigenvalue weighted by Crippen LogP contribution is -2.25. The molecule has 20 heavy (non-hydrogen) atoms. The molecule has 0 unspecified atom stereocenters. The minimum Gasteiger partial charge on any atom is -0.481 e. The maximum Gasteiger partial charge on any atom is 0.303 e.